The molecule has 0 bridgehead atoms. The van der Waals surface area contributed by atoms with Gasteiger partial charge in [-0.05, 0) is 74.0 Å². The lowest BCUT2D eigenvalue weighted by molar-refractivity contribution is 0.000699. The fourth-order valence-electron chi connectivity index (χ4n) is 6.24. The number of rotatable bonds is 0. The van der Waals surface area contributed by atoms with Crippen molar-refractivity contribution in [2.75, 3.05) is 0 Å². The van der Waals surface area contributed by atoms with E-state index in [-0.39, 0.29) is 0 Å². The largest absolute Gasteiger partial charge is 0.0530 e. The summed E-state index contributed by atoms with van der Waals surface area (Å²) >= 11 is 0. The van der Waals surface area contributed by atoms with E-state index >= 15 is 0 Å². The zero-order valence-corrected chi connectivity index (χ0v) is 10.5. The van der Waals surface area contributed by atoms with Crippen LogP contribution in [0.5, 0.6) is 0 Å². The van der Waals surface area contributed by atoms with Gasteiger partial charge in [0, 0.05) is 0 Å². The first-order valence-corrected chi connectivity index (χ1v) is 7.93. The van der Waals surface area contributed by atoms with Gasteiger partial charge >= 0.3 is 0 Å². The lowest BCUT2D eigenvalue weighted by Gasteiger charge is -2.49. The molecule has 0 heteroatoms. The van der Waals surface area contributed by atoms with Gasteiger partial charge in [0.05, 0.1) is 0 Å². The first-order valence-electron chi connectivity index (χ1n) is 7.93. The standard InChI is InChI=1S/C16H26/c1-2-4-12-6-8-14-10-9-13-7-5-11(3-1)15(12)16(13)14/h11-16H,1-10H2. The van der Waals surface area contributed by atoms with Crippen molar-refractivity contribution in [3.8, 4) is 0 Å². The van der Waals surface area contributed by atoms with Crippen LogP contribution in [0.1, 0.15) is 64.2 Å². The van der Waals surface area contributed by atoms with Crippen LogP contribution in [0.2, 0.25) is 0 Å². The van der Waals surface area contributed by atoms with E-state index in [2.05, 4.69) is 0 Å². The molecule has 0 N–H and O–H groups in total. The second-order valence-electron chi connectivity index (χ2n) is 7.21. The quantitative estimate of drug-likeness (QED) is 0.555. The van der Waals surface area contributed by atoms with Crippen molar-refractivity contribution in [3.05, 3.63) is 0 Å². The Morgan fingerprint density at radius 1 is 0.375 bits per heavy atom. The molecule has 0 aromatic rings. The fourth-order valence-corrected chi connectivity index (χ4v) is 6.24. The second kappa shape index (κ2) is 3.75. The van der Waals surface area contributed by atoms with Gasteiger partial charge in [-0.2, -0.15) is 0 Å². The van der Waals surface area contributed by atoms with Gasteiger partial charge in [0.2, 0.25) is 0 Å². The smallest absolute Gasteiger partial charge is 0.0324 e. The summed E-state index contributed by atoms with van der Waals surface area (Å²) in [6.07, 6.45) is 15.9. The maximum absolute atomic E-state index is 1.61. The summed E-state index contributed by atoms with van der Waals surface area (Å²) in [5.41, 5.74) is 0. The van der Waals surface area contributed by atoms with E-state index < -0.39 is 0 Å². The summed E-state index contributed by atoms with van der Waals surface area (Å²) in [6, 6.07) is 0. The Balaban J connectivity index is 1.68. The Labute approximate surface area is 100 Å². The van der Waals surface area contributed by atoms with E-state index in [9.17, 15) is 0 Å². The van der Waals surface area contributed by atoms with Crippen LogP contribution in [0.15, 0.2) is 0 Å². The maximum Gasteiger partial charge on any atom is -0.0324 e. The molecule has 0 spiro atoms. The van der Waals surface area contributed by atoms with E-state index in [4.69, 9.17) is 0 Å². The summed E-state index contributed by atoms with van der Waals surface area (Å²) in [7, 11) is 0. The van der Waals surface area contributed by atoms with Crippen molar-refractivity contribution in [2.45, 2.75) is 64.2 Å². The Morgan fingerprint density at radius 3 is 1.06 bits per heavy atom. The summed E-state index contributed by atoms with van der Waals surface area (Å²) in [5, 5.41) is 0. The van der Waals surface area contributed by atoms with Crippen molar-refractivity contribution in [1.82, 2.24) is 0 Å². The molecule has 0 saturated heterocycles. The Bertz CT molecular complexity index is 243. The van der Waals surface area contributed by atoms with Crippen LogP contribution < -0.4 is 0 Å². The van der Waals surface area contributed by atoms with Crippen molar-refractivity contribution in [1.29, 1.82) is 0 Å². The monoisotopic (exact) mass is 218 g/mol. The lowest BCUT2D eigenvalue weighted by Crippen LogP contribution is -2.42. The Morgan fingerprint density at radius 2 is 0.688 bits per heavy atom. The molecule has 0 aromatic carbocycles. The van der Waals surface area contributed by atoms with Crippen LogP contribution in [0.4, 0.5) is 0 Å². The van der Waals surface area contributed by atoms with Crippen molar-refractivity contribution >= 4 is 0 Å². The molecule has 0 aliphatic heterocycles. The molecule has 4 saturated carbocycles. The molecule has 0 heterocycles. The molecule has 4 fully saturated rings. The van der Waals surface area contributed by atoms with Crippen LogP contribution in [0.25, 0.3) is 0 Å². The first-order chi connectivity index (χ1) is 7.93. The molecular formula is C16H26. The van der Waals surface area contributed by atoms with E-state index in [1.54, 1.807) is 64.2 Å². The van der Waals surface area contributed by atoms with Crippen molar-refractivity contribution < 1.29 is 0 Å². The molecular weight excluding hydrogens is 192 g/mol. The summed E-state index contributed by atoms with van der Waals surface area (Å²) in [5.74, 6) is 7.07. The molecule has 0 radical (unpaired) electrons. The summed E-state index contributed by atoms with van der Waals surface area (Å²) in [6.45, 7) is 0. The highest BCUT2D eigenvalue weighted by molar-refractivity contribution is 5.01. The lowest BCUT2D eigenvalue weighted by atomic mass is 9.56. The normalized spacial score (nSPS) is 55.5. The molecule has 0 aromatic heterocycles. The van der Waals surface area contributed by atoms with Crippen molar-refractivity contribution in [3.63, 3.8) is 0 Å². The minimum absolute atomic E-state index is 1.16. The molecule has 90 valence electrons. The third-order valence-corrected chi connectivity index (χ3v) is 6.75. The minimum atomic E-state index is 1.16. The highest BCUT2D eigenvalue weighted by Crippen LogP contribution is 2.60. The van der Waals surface area contributed by atoms with Gasteiger partial charge in [0.25, 0.3) is 0 Å². The number of hydrogen-bond acceptors (Lipinski definition) is 0. The van der Waals surface area contributed by atoms with E-state index in [0.29, 0.717) is 0 Å². The zero-order valence-electron chi connectivity index (χ0n) is 10.5. The predicted molar refractivity (Wildman–Crippen MR) is 67.1 cm³/mol. The molecule has 16 heavy (non-hydrogen) atoms. The molecule has 0 nitrogen and oxygen atoms in total. The summed E-state index contributed by atoms with van der Waals surface area (Å²) in [4.78, 5) is 0. The van der Waals surface area contributed by atoms with Gasteiger partial charge in [-0.1, -0.05) is 25.7 Å². The fraction of sp³-hybridized carbons (Fsp3) is 1.00. The predicted octanol–water partition coefficient (Wildman–Crippen LogP) is 4.64. The average molecular weight is 218 g/mol. The van der Waals surface area contributed by atoms with Crippen LogP contribution in [-0.2, 0) is 0 Å². The Hall–Kier alpha value is 0. The molecule has 0 amide bonds. The van der Waals surface area contributed by atoms with E-state index in [1.165, 1.54) is 23.7 Å². The second-order valence-corrected chi connectivity index (χ2v) is 7.21. The van der Waals surface area contributed by atoms with Gasteiger partial charge < -0.3 is 0 Å². The van der Waals surface area contributed by atoms with Gasteiger partial charge in [0.15, 0.2) is 0 Å². The molecule has 4 aliphatic rings. The van der Waals surface area contributed by atoms with Crippen LogP contribution in [0, 0.1) is 35.5 Å². The summed E-state index contributed by atoms with van der Waals surface area (Å²) < 4.78 is 0. The van der Waals surface area contributed by atoms with Gasteiger partial charge in [0.1, 0.15) is 0 Å². The van der Waals surface area contributed by atoms with Crippen molar-refractivity contribution in [2.24, 2.45) is 35.5 Å². The first kappa shape index (κ1) is 9.97. The van der Waals surface area contributed by atoms with E-state index in [1.807, 2.05) is 0 Å². The van der Waals surface area contributed by atoms with E-state index in [0.717, 1.165) is 11.8 Å². The zero-order chi connectivity index (χ0) is 10.5. The average Bonchev–Trinajstić information content (AvgIpc) is 2.62. The minimum Gasteiger partial charge on any atom is -0.0530 e. The molecule has 4 unspecified atom stereocenters. The highest BCUT2D eigenvalue weighted by Gasteiger charge is 2.51. The third kappa shape index (κ3) is 1.34. The molecule has 4 atom stereocenters. The topological polar surface area (TPSA) is 0 Å². The molecule has 4 aliphatic carbocycles. The molecule has 4 rings (SSSR count). The van der Waals surface area contributed by atoms with Crippen LogP contribution in [0.3, 0.4) is 0 Å². The maximum atomic E-state index is 1.61. The SMILES string of the molecule is C1CCC2CCC3CCC4CCC(C1)C2C43. The Kier molecular flexibility index (Phi) is 2.34. The van der Waals surface area contributed by atoms with Gasteiger partial charge in [-0.25, -0.2) is 0 Å². The van der Waals surface area contributed by atoms with Crippen LogP contribution >= 0.6 is 0 Å². The number of hydrogen-bond donors (Lipinski definition) is 0. The third-order valence-electron chi connectivity index (χ3n) is 6.75. The van der Waals surface area contributed by atoms with Gasteiger partial charge in [-0.3, -0.25) is 0 Å². The van der Waals surface area contributed by atoms with Crippen LogP contribution in [-0.4, -0.2) is 0 Å². The highest BCUT2D eigenvalue weighted by atomic mass is 14.6. The van der Waals surface area contributed by atoms with Gasteiger partial charge in [-0.15, -0.1) is 0 Å².